The third-order valence-corrected chi connectivity index (χ3v) is 5.40. The van der Waals surface area contributed by atoms with Crippen LogP contribution in [0.25, 0.3) is 0 Å². The summed E-state index contributed by atoms with van der Waals surface area (Å²) in [6.07, 6.45) is 8.21. The summed E-state index contributed by atoms with van der Waals surface area (Å²) in [4.78, 5) is 20.4. The number of carbonyl (C=O) groups excluding carboxylic acids is 1. The van der Waals surface area contributed by atoms with Crippen LogP contribution in [0.4, 0.5) is 0 Å². The van der Waals surface area contributed by atoms with E-state index in [0.717, 1.165) is 64.9 Å². The van der Waals surface area contributed by atoms with Gasteiger partial charge in [0.15, 0.2) is 5.96 Å². The third-order valence-electron chi connectivity index (χ3n) is 5.40. The summed E-state index contributed by atoms with van der Waals surface area (Å²) in [5.41, 5.74) is 0. The average molecular weight is 382 g/mol. The van der Waals surface area contributed by atoms with Gasteiger partial charge < -0.3 is 20.3 Å². The lowest BCUT2D eigenvalue weighted by Crippen LogP contribution is -2.48. The van der Waals surface area contributed by atoms with Crippen LogP contribution in [0.3, 0.4) is 0 Å². The van der Waals surface area contributed by atoms with Gasteiger partial charge in [-0.2, -0.15) is 0 Å². The van der Waals surface area contributed by atoms with Crippen molar-refractivity contribution in [1.29, 1.82) is 0 Å². The second kappa shape index (κ2) is 12.9. The standard InChI is InChI=1S/C20H39N5O2/c1-3-21-20(23-11-17-27-19-8-6-4-5-7-9-19)22-10-12-24-13-15-25(16-14-24)18(2)26/h19H,3-17H2,1-2H3,(H2,21,22,23). The Bertz CT molecular complexity index is 442. The molecule has 27 heavy (non-hydrogen) atoms. The van der Waals surface area contributed by atoms with Gasteiger partial charge in [0.2, 0.25) is 5.91 Å². The largest absolute Gasteiger partial charge is 0.376 e. The zero-order chi connectivity index (χ0) is 19.3. The number of piperazine rings is 1. The maximum Gasteiger partial charge on any atom is 0.219 e. The number of hydrogen-bond acceptors (Lipinski definition) is 4. The van der Waals surface area contributed by atoms with Crippen LogP contribution < -0.4 is 10.6 Å². The molecule has 0 spiro atoms. The molecule has 2 fully saturated rings. The number of rotatable bonds is 8. The lowest BCUT2D eigenvalue weighted by molar-refractivity contribution is -0.130. The minimum Gasteiger partial charge on any atom is -0.376 e. The van der Waals surface area contributed by atoms with E-state index in [0.29, 0.717) is 6.10 Å². The Morgan fingerprint density at radius 2 is 1.78 bits per heavy atom. The third kappa shape index (κ3) is 8.93. The predicted octanol–water partition coefficient (Wildman–Crippen LogP) is 1.45. The summed E-state index contributed by atoms with van der Waals surface area (Å²) in [6.45, 7) is 11.3. The molecule has 1 saturated carbocycles. The number of nitrogens with zero attached hydrogens (tertiary/aromatic N) is 3. The van der Waals surface area contributed by atoms with Crippen LogP contribution in [-0.4, -0.2) is 86.7 Å². The van der Waals surface area contributed by atoms with E-state index in [1.165, 1.54) is 38.5 Å². The molecule has 2 N–H and O–H groups in total. The zero-order valence-corrected chi connectivity index (χ0v) is 17.3. The Labute approximate surface area is 164 Å². The summed E-state index contributed by atoms with van der Waals surface area (Å²) < 4.78 is 6.03. The summed E-state index contributed by atoms with van der Waals surface area (Å²) in [6, 6.07) is 0. The molecule has 2 aliphatic rings. The number of nitrogens with one attached hydrogen (secondary N) is 2. The maximum absolute atomic E-state index is 11.4. The molecule has 0 radical (unpaired) electrons. The van der Waals surface area contributed by atoms with E-state index in [1.807, 2.05) is 4.90 Å². The summed E-state index contributed by atoms with van der Waals surface area (Å²) in [5, 5.41) is 6.68. The monoisotopic (exact) mass is 381 g/mol. The summed E-state index contributed by atoms with van der Waals surface area (Å²) in [5.74, 6) is 1.04. The van der Waals surface area contributed by atoms with Gasteiger partial charge in [0, 0.05) is 52.7 Å². The predicted molar refractivity (Wildman–Crippen MR) is 110 cm³/mol. The number of aliphatic imine (C=N–C) groups is 1. The van der Waals surface area contributed by atoms with Crippen molar-refractivity contribution in [2.24, 2.45) is 4.99 Å². The van der Waals surface area contributed by atoms with Crippen LogP contribution in [0.5, 0.6) is 0 Å². The van der Waals surface area contributed by atoms with Gasteiger partial charge >= 0.3 is 0 Å². The van der Waals surface area contributed by atoms with Gasteiger partial charge in [-0.05, 0) is 19.8 Å². The van der Waals surface area contributed by atoms with Crippen molar-refractivity contribution in [3.63, 3.8) is 0 Å². The molecular weight excluding hydrogens is 342 g/mol. The smallest absolute Gasteiger partial charge is 0.219 e. The Balaban J connectivity index is 1.61. The highest BCUT2D eigenvalue weighted by Crippen LogP contribution is 2.19. The molecule has 0 atom stereocenters. The van der Waals surface area contributed by atoms with Crippen LogP contribution in [0.1, 0.15) is 52.4 Å². The first-order valence-corrected chi connectivity index (χ1v) is 10.8. The number of hydrogen-bond donors (Lipinski definition) is 2. The second-order valence-corrected chi connectivity index (χ2v) is 7.52. The van der Waals surface area contributed by atoms with Gasteiger partial charge in [0.05, 0.1) is 19.3 Å². The van der Waals surface area contributed by atoms with Crippen molar-refractivity contribution in [3.8, 4) is 0 Å². The maximum atomic E-state index is 11.4. The summed E-state index contributed by atoms with van der Waals surface area (Å²) in [7, 11) is 0. The van der Waals surface area contributed by atoms with Crippen LogP contribution >= 0.6 is 0 Å². The first-order valence-electron chi connectivity index (χ1n) is 10.8. The number of amides is 1. The van der Waals surface area contributed by atoms with Crippen molar-refractivity contribution in [1.82, 2.24) is 20.4 Å². The average Bonchev–Trinajstić information content (AvgIpc) is 2.94. The molecule has 0 bridgehead atoms. The van der Waals surface area contributed by atoms with Crippen LogP contribution in [0.15, 0.2) is 4.99 Å². The van der Waals surface area contributed by atoms with Crippen molar-refractivity contribution in [3.05, 3.63) is 0 Å². The van der Waals surface area contributed by atoms with Crippen molar-refractivity contribution < 1.29 is 9.53 Å². The van der Waals surface area contributed by atoms with E-state index in [9.17, 15) is 4.79 Å². The second-order valence-electron chi connectivity index (χ2n) is 7.52. The Morgan fingerprint density at radius 1 is 1.07 bits per heavy atom. The summed E-state index contributed by atoms with van der Waals surface area (Å²) >= 11 is 0. The minimum absolute atomic E-state index is 0.178. The fraction of sp³-hybridized carbons (Fsp3) is 0.900. The molecule has 1 aliphatic carbocycles. The van der Waals surface area contributed by atoms with Gasteiger partial charge in [-0.3, -0.25) is 14.7 Å². The molecule has 0 aromatic rings. The van der Waals surface area contributed by atoms with E-state index in [2.05, 4.69) is 27.4 Å². The highest BCUT2D eigenvalue weighted by atomic mass is 16.5. The van der Waals surface area contributed by atoms with E-state index in [4.69, 9.17) is 4.74 Å². The van der Waals surface area contributed by atoms with Gasteiger partial charge in [0.1, 0.15) is 0 Å². The number of ether oxygens (including phenoxy) is 1. The zero-order valence-electron chi connectivity index (χ0n) is 17.3. The number of carbonyl (C=O) groups is 1. The topological polar surface area (TPSA) is 69.2 Å². The Hall–Kier alpha value is -1.34. The van der Waals surface area contributed by atoms with E-state index >= 15 is 0 Å². The highest BCUT2D eigenvalue weighted by Gasteiger charge is 2.17. The fourth-order valence-corrected chi connectivity index (χ4v) is 3.73. The first-order chi connectivity index (χ1) is 13.2. The first kappa shape index (κ1) is 22.0. The van der Waals surface area contributed by atoms with E-state index in [-0.39, 0.29) is 5.91 Å². The van der Waals surface area contributed by atoms with Crippen molar-refractivity contribution >= 4 is 11.9 Å². The lowest BCUT2D eigenvalue weighted by atomic mass is 10.1. The molecule has 7 nitrogen and oxygen atoms in total. The van der Waals surface area contributed by atoms with Crippen LogP contribution in [-0.2, 0) is 9.53 Å². The highest BCUT2D eigenvalue weighted by molar-refractivity contribution is 5.79. The molecule has 0 unspecified atom stereocenters. The van der Waals surface area contributed by atoms with Crippen molar-refractivity contribution in [2.75, 3.05) is 59.0 Å². The van der Waals surface area contributed by atoms with E-state index in [1.54, 1.807) is 6.92 Å². The quantitative estimate of drug-likeness (QED) is 0.288. The van der Waals surface area contributed by atoms with Crippen LogP contribution in [0, 0.1) is 0 Å². The molecule has 1 heterocycles. The molecule has 0 aromatic carbocycles. The minimum atomic E-state index is 0.178. The van der Waals surface area contributed by atoms with Gasteiger partial charge in [0.25, 0.3) is 0 Å². The molecule has 156 valence electrons. The molecule has 0 aromatic heterocycles. The molecule has 1 saturated heterocycles. The normalized spacial score (nSPS) is 20.4. The van der Waals surface area contributed by atoms with Gasteiger partial charge in [-0.25, -0.2) is 0 Å². The molecular formula is C20H39N5O2. The molecule has 2 rings (SSSR count). The SMILES string of the molecule is CCNC(=NCCN1CCN(C(C)=O)CC1)NCCOC1CCCCCC1. The van der Waals surface area contributed by atoms with Crippen LogP contribution in [0.2, 0.25) is 0 Å². The van der Waals surface area contributed by atoms with Gasteiger partial charge in [-0.1, -0.05) is 25.7 Å². The van der Waals surface area contributed by atoms with Crippen molar-refractivity contribution in [2.45, 2.75) is 58.5 Å². The molecule has 7 heteroatoms. The molecule has 1 amide bonds. The fourth-order valence-electron chi connectivity index (χ4n) is 3.73. The lowest BCUT2D eigenvalue weighted by Gasteiger charge is -2.33. The number of guanidine groups is 1. The van der Waals surface area contributed by atoms with E-state index < -0.39 is 0 Å². The molecule has 1 aliphatic heterocycles. The Kier molecular flexibility index (Phi) is 10.5. The Morgan fingerprint density at radius 3 is 2.41 bits per heavy atom. The van der Waals surface area contributed by atoms with Gasteiger partial charge in [-0.15, -0.1) is 0 Å².